The van der Waals surface area contributed by atoms with Crippen molar-refractivity contribution in [1.82, 2.24) is 0 Å². The van der Waals surface area contributed by atoms with Crippen LogP contribution in [0.4, 0.5) is 0 Å². The molecule has 5 heterocycles. The fourth-order valence-electron chi connectivity index (χ4n) is 15.4. The van der Waals surface area contributed by atoms with Gasteiger partial charge in [-0.3, -0.25) is 4.55 Å². The molecule has 9 aliphatic rings. The van der Waals surface area contributed by atoms with E-state index in [4.69, 9.17) is 51.6 Å². The highest BCUT2D eigenvalue weighted by molar-refractivity contribution is 7.80. The van der Waals surface area contributed by atoms with E-state index >= 15 is 0 Å². The molecular weight excluding hydrogens is 1120 g/mol. The van der Waals surface area contributed by atoms with Gasteiger partial charge >= 0.3 is 10.4 Å². The van der Waals surface area contributed by atoms with Crippen LogP contribution in [0, 0.1) is 40.4 Å². The molecule has 0 bridgehead atoms. The van der Waals surface area contributed by atoms with E-state index in [0.717, 1.165) is 12.8 Å². The number of hydrogen-bond donors (Lipinski definition) is 14. The summed E-state index contributed by atoms with van der Waals surface area (Å²) < 4.78 is 99.4. The predicted molar refractivity (Wildman–Crippen MR) is 281 cm³/mol. The molecule has 3 saturated carbocycles. The fraction of sp³-hybridized carbons (Fsp3) is 0.964. The summed E-state index contributed by atoms with van der Waals surface area (Å²) in [5, 5.41) is 146. The molecule has 480 valence electrons. The Kier molecular flexibility index (Phi) is 20.3. The van der Waals surface area contributed by atoms with Gasteiger partial charge in [-0.2, -0.15) is 8.42 Å². The molecule has 33 atom stereocenters. The molecule has 0 aromatic heterocycles. The lowest BCUT2D eigenvalue weighted by Crippen LogP contribution is -2.66. The standard InChI is InChI=1S/C55H92O27S/c1-21(2)9-12-34(58)55(8,68)33-11-10-27-26-18-32(29-17-25(82-83(69,70)71)13-15-53(29,6)28(26)14-16-54(27,33)7)77-50-43(67)45(36(60)23(4)75-50)79-52-47(38(62)31(57)20-73-52)81-49-42(66)40(64)44(24(5)76-49)78-51-46(37(61)30(56)19-72-51)80-48-41(65)39(63)35(59)22(3)74-48/h14,21-27,29-52,56-68H,9-13,15-20H2,1-8H3,(H,69,70,71). The smallest absolute Gasteiger partial charge is 0.390 e. The van der Waals surface area contributed by atoms with Crippen molar-refractivity contribution < 1.29 is 131 Å². The van der Waals surface area contributed by atoms with E-state index in [1.807, 2.05) is 0 Å². The number of aliphatic hydroxyl groups excluding tert-OH is 12. The number of rotatable bonds is 17. The summed E-state index contributed by atoms with van der Waals surface area (Å²) >= 11 is 0. The van der Waals surface area contributed by atoms with Crippen LogP contribution in [0.2, 0.25) is 0 Å². The minimum absolute atomic E-state index is 0.0226. The highest BCUT2D eigenvalue weighted by atomic mass is 32.3. The van der Waals surface area contributed by atoms with Crippen LogP contribution in [0.15, 0.2) is 11.6 Å². The van der Waals surface area contributed by atoms with Crippen LogP contribution >= 0.6 is 0 Å². The molecule has 33 unspecified atom stereocenters. The van der Waals surface area contributed by atoms with Gasteiger partial charge in [0.25, 0.3) is 0 Å². The minimum atomic E-state index is -4.85. The van der Waals surface area contributed by atoms with Crippen LogP contribution in [0.3, 0.4) is 0 Å². The second-order valence-electron chi connectivity index (χ2n) is 26.3. The van der Waals surface area contributed by atoms with E-state index < -0.39 is 206 Å². The summed E-state index contributed by atoms with van der Waals surface area (Å²) in [7, 11) is -4.85. The summed E-state index contributed by atoms with van der Waals surface area (Å²) in [5.41, 5.74) is -1.26. The molecule has 5 aliphatic heterocycles. The van der Waals surface area contributed by atoms with Gasteiger partial charge in [0.2, 0.25) is 0 Å². The number of hydrogen-bond acceptors (Lipinski definition) is 26. The molecule has 5 saturated heterocycles. The number of allylic oxidation sites excluding steroid dienone is 2. The third-order valence-electron chi connectivity index (χ3n) is 20.3. The number of fused-ring (bicyclic) bond motifs is 5. The molecule has 0 spiro atoms. The Bertz CT molecular complexity index is 2320. The van der Waals surface area contributed by atoms with E-state index in [1.54, 1.807) is 6.92 Å². The molecule has 0 radical (unpaired) electrons. The Balaban J connectivity index is 0.910. The topological polar surface area (TPSA) is 419 Å². The monoisotopic (exact) mass is 1220 g/mol. The predicted octanol–water partition coefficient (Wildman–Crippen LogP) is -2.25. The molecule has 0 amide bonds. The second-order valence-corrected chi connectivity index (χ2v) is 27.3. The molecule has 9 rings (SSSR count). The van der Waals surface area contributed by atoms with Crippen molar-refractivity contribution in [1.29, 1.82) is 0 Å². The average molecular weight is 1220 g/mol. The lowest BCUT2D eigenvalue weighted by atomic mass is 9.47. The maximum absolute atomic E-state index is 12.3. The summed E-state index contributed by atoms with van der Waals surface area (Å²) in [6.45, 7) is 13.4. The van der Waals surface area contributed by atoms with Crippen molar-refractivity contribution in [3.63, 3.8) is 0 Å². The Hall–Kier alpha value is -1.31. The van der Waals surface area contributed by atoms with Gasteiger partial charge in [-0.25, -0.2) is 4.18 Å². The second kappa shape index (κ2) is 25.5. The SMILES string of the molecule is CC(C)CCC(O)C(C)(O)C1CCC2C3CC(OC4OC(C)C(O)C(OC5OCC(O)C(O)C5OC5OC(C)C(OC6OCC(O)C(O)C6OC6OC(C)C(O)C(O)C6O)C(O)C5O)C4O)C4CC(OS(=O)(=O)O)CCC4(C)C3=CCC21C. The van der Waals surface area contributed by atoms with Gasteiger partial charge in [-0.15, -0.1) is 0 Å². The Morgan fingerprint density at radius 2 is 1.14 bits per heavy atom. The van der Waals surface area contributed by atoms with Gasteiger partial charge in [0.05, 0.1) is 55.4 Å². The van der Waals surface area contributed by atoms with Gasteiger partial charge in [-0.05, 0) is 126 Å². The summed E-state index contributed by atoms with van der Waals surface area (Å²) in [6, 6.07) is 0. The minimum Gasteiger partial charge on any atom is -0.390 e. The molecule has 27 nitrogen and oxygen atoms in total. The van der Waals surface area contributed by atoms with E-state index in [0.29, 0.717) is 38.0 Å². The maximum atomic E-state index is 12.3. The van der Waals surface area contributed by atoms with Crippen LogP contribution < -0.4 is 0 Å². The first-order chi connectivity index (χ1) is 38.8. The van der Waals surface area contributed by atoms with Crippen LogP contribution in [0.5, 0.6) is 0 Å². The summed E-state index contributed by atoms with van der Waals surface area (Å²) in [5.74, 6) is -0.479. The van der Waals surface area contributed by atoms with Crippen molar-refractivity contribution >= 4 is 10.4 Å². The van der Waals surface area contributed by atoms with Crippen molar-refractivity contribution in [2.24, 2.45) is 40.4 Å². The lowest BCUT2D eigenvalue weighted by Gasteiger charge is -2.60. The Labute approximate surface area is 483 Å². The number of ether oxygens (including phenoxy) is 10. The van der Waals surface area contributed by atoms with Gasteiger partial charge in [-0.1, -0.05) is 39.3 Å². The quantitative estimate of drug-likeness (QED) is 0.0541. The van der Waals surface area contributed by atoms with Gasteiger partial charge < -0.3 is 114 Å². The van der Waals surface area contributed by atoms with Crippen LogP contribution in [0.25, 0.3) is 0 Å². The zero-order valence-electron chi connectivity index (χ0n) is 48.2. The first-order valence-corrected chi connectivity index (χ1v) is 30.9. The fourth-order valence-corrected chi connectivity index (χ4v) is 16.0. The van der Waals surface area contributed by atoms with Crippen molar-refractivity contribution in [3.05, 3.63) is 11.6 Å². The summed E-state index contributed by atoms with van der Waals surface area (Å²) in [4.78, 5) is 0. The third-order valence-corrected chi connectivity index (χ3v) is 20.8. The van der Waals surface area contributed by atoms with Gasteiger partial charge in [0.1, 0.15) is 91.6 Å². The van der Waals surface area contributed by atoms with Crippen LogP contribution in [0.1, 0.15) is 113 Å². The summed E-state index contributed by atoms with van der Waals surface area (Å²) in [6.07, 6.45) is -33.3. The molecule has 4 aliphatic carbocycles. The zero-order chi connectivity index (χ0) is 60.7. The molecule has 0 aromatic rings. The van der Waals surface area contributed by atoms with Crippen molar-refractivity contribution in [2.45, 2.75) is 278 Å². The van der Waals surface area contributed by atoms with Crippen molar-refractivity contribution in [3.8, 4) is 0 Å². The molecule has 28 heteroatoms. The Morgan fingerprint density at radius 1 is 0.614 bits per heavy atom. The van der Waals surface area contributed by atoms with E-state index in [9.17, 15) is 79.4 Å². The first kappa shape index (κ1) is 66.1. The molecule has 8 fully saturated rings. The maximum Gasteiger partial charge on any atom is 0.397 e. The highest BCUT2D eigenvalue weighted by Crippen LogP contribution is 2.67. The average Bonchev–Trinajstić information content (AvgIpc) is 1.89. The largest absolute Gasteiger partial charge is 0.397 e. The van der Waals surface area contributed by atoms with E-state index in [2.05, 4.69) is 33.8 Å². The van der Waals surface area contributed by atoms with Gasteiger partial charge in [0.15, 0.2) is 31.5 Å². The third kappa shape index (κ3) is 13.0. The zero-order valence-corrected chi connectivity index (χ0v) is 49.0. The van der Waals surface area contributed by atoms with Gasteiger partial charge in [0, 0.05) is 0 Å². The normalized spacial score (nSPS) is 51.7. The van der Waals surface area contributed by atoms with E-state index in [1.165, 1.54) is 26.3 Å². The molecule has 83 heavy (non-hydrogen) atoms. The highest BCUT2D eigenvalue weighted by Gasteiger charge is 2.64. The lowest BCUT2D eigenvalue weighted by molar-refractivity contribution is -0.392. The number of aliphatic hydroxyl groups is 13. The Morgan fingerprint density at radius 3 is 1.72 bits per heavy atom. The molecular formula is C55H92O27S. The first-order valence-electron chi connectivity index (χ1n) is 29.5. The molecule has 0 aromatic carbocycles. The molecule has 14 N–H and O–H groups in total. The van der Waals surface area contributed by atoms with E-state index in [-0.39, 0.29) is 30.6 Å². The van der Waals surface area contributed by atoms with Crippen LogP contribution in [-0.4, -0.2) is 258 Å². The van der Waals surface area contributed by atoms with Crippen LogP contribution in [-0.2, 0) is 62.0 Å². The van der Waals surface area contributed by atoms with Crippen molar-refractivity contribution in [2.75, 3.05) is 13.2 Å².